The lowest BCUT2D eigenvalue weighted by atomic mass is 9.85. The van der Waals surface area contributed by atoms with Gasteiger partial charge in [-0.15, -0.1) is 0 Å². The third-order valence-electron chi connectivity index (χ3n) is 4.52. The van der Waals surface area contributed by atoms with Crippen LogP contribution in [0.25, 0.3) is 0 Å². The Labute approximate surface area is 134 Å². The summed E-state index contributed by atoms with van der Waals surface area (Å²) in [6.45, 7) is 10.8. The number of piperazine rings is 1. The Morgan fingerprint density at radius 3 is 2.29 bits per heavy atom. The Balaban J connectivity index is 1.87. The molecular formula is C17H28ClN3. The van der Waals surface area contributed by atoms with E-state index in [1.54, 1.807) is 0 Å². The first-order valence-corrected chi connectivity index (χ1v) is 8.37. The van der Waals surface area contributed by atoms with Gasteiger partial charge >= 0.3 is 0 Å². The molecule has 0 spiro atoms. The molecular weight excluding hydrogens is 282 g/mol. The molecule has 1 heterocycles. The lowest BCUT2D eigenvalue weighted by molar-refractivity contribution is 0.152. The molecule has 0 bridgehead atoms. The van der Waals surface area contributed by atoms with Crippen LogP contribution in [0.15, 0.2) is 24.3 Å². The Hall–Kier alpha value is -0.770. The van der Waals surface area contributed by atoms with Crippen molar-refractivity contribution in [1.29, 1.82) is 0 Å². The minimum atomic E-state index is 0.261. The van der Waals surface area contributed by atoms with Crippen LogP contribution in [-0.2, 0) is 0 Å². The summed E-state index contributed by atoms with van der Waals surface area (Å²) in [5.74, 6) is 0. The third kappa shape index (κ3) is 4.60. The standard InChI is InChI=1S/C17H28ClN3/c1-3-8-17(2,13-19)14-20-9-11-21(12-10-20)16-6-4-15(18)5-7-16/h4-7H,3,8-14,19H2,1-2H3. The first kappa shape index (κ1) is 16.6. The van der Waals surface area contributed by atoms with Crippen LogP contribution in [0.3, 0.4) is 0 Å². The minimum absolute atomic E-state index is 0.261. The highest BCUT2D eigenvalue weighted by atomic mass is 35.5. The first-order valence-electron chi connectivity index (χ1n) is 7.99. The van der Waals surface area contributed by atoms with E-state index >= 15 is 0 Å². The maximum absolute atomic E-state index is 5.99. The smallest absolute Gasteiger partial charge is 0.0407 e. The van der Waals surface area contributed by atoms with Gasteiger partial charge in [-0.3, -0.25) is 4.90 Å². The molecule has 21 heavy (non-hydrogen) atoms. The largest absolute Gasteiger partial charge is 0.369 e. The fourth-order valence-electron chi connectivity index (χ4n) is 3.21. The predicted molar refractivity (Wildman–Crippen MR) is 92.2 cm³/mol. The van der Waals surface area contributed by atoms with E-state index in [4.69, 9.17) is 17.3 Å². The van der Waals surface area contributed by atoms with Gasteiger partial charge in [-0.05, 0) is 42.6 Å². The molecule has 118 valence electrons. The van der Waals surface area contributed by atoms with E-state index in [-0.39, 0.29) is 5.41 Å². The Morgan fingerprint density at radius 1 is 1.14 bits per heavy atom. The lowest BCUT2D eigenvalue weighted by Crippen LogP contribution is -2.50. The predicted octanol–water partition coefficient (Wildman–Crippen LogP) is 3.23. The number of benzene rings is 1. The molecule has 1 unspecified atom stereocenters. The molecule has 1 aromatic rings. The topological polar surface area (TPSA) is 32.5 Å². The van der Waals surface area contributed by atoms with Gasteiger partial charge in [0.2, 0.25) is 0 Å². The maximum Gasteiger partial charge on any atom is 0.0407 e. The van der Waals surface area contributed by atoms with Gasteiger partial charge in [-0.1, -0.05) is 31.9 Å². The molecule has 1 fully saturated rings. The highest BCUT2D eigenvalue weighted by molar-refractivity contribution is 6.30. The number of nitrogens with two attached hydrogens (primary N) is 1. The summed E-state index contributed by atoms with van der Waals surface area (Å²) < 4.78 is 0. The van der Waals surface area contributed by atoms with Gasteiger partial charge in [0.15, 0.2) is 0 Å². The van der Waals surface area contributed by atoms with Gasteiger partial charge in [0.25, 0.3) is 0 Å². The number of rotatable bonds is 6. The zero-order valence-corrected chi connectivity index (χ0v) is 14.1. The van der Waals surface area contributed by atoms with Gasteiger partial charge in [0.1, 0.15) is 0 Å². The molecule has 2 N–H and O–H groups in total. The van der Waals surface area contributed by atoms with Crippen molar-refractivity contribution >= 4 is 17.3 Å². The zero-order chi connectivity index (χ0) is 15.3. The molecule has 0 aliphatic carbocycles. The molecule has 1 saturated heterocycles. The number of hydrogen-bond acceptors (Lipinski definition) is 3. The van der Waals surface area contributed by atoms with Crippen molar-refractivity contribution in [2.75, 3.05) is 44.2 Å². The highest BCUT2D eigenvalue weighted by Gasteiger charge is 2.27. The van der Waals surface area contributed by atoms with Crippen LogP contribution < -0.4 is 10.6 Å². The SMILES string of the molecule is CCCC(C)(CN)CN1CCN(c2ccc(Cl)cc2)CC1. The third-order valence-corrected chi connectivity index (χ3v) is 4.77. The second-order valence-electron chi connectivity index (χ2n) is 6.50. The molecule has 3 nitrogen and oxygen atoms in total. The van der Waals surface area contributed by atoms with E-state index in [9.17, 15) is 0 Å². The van der Waals surface area contributed by atoms with E-state index < -0.39 is 0 Å². The highest BCUT2D eigenvalue weighted by Crippen LogP contribution is 2.25. The molecule has 1 atom stereocenters. The van der Waals surface area contributed by atoms with Crippen LogP contribution in [0.1, 0.15) is 26.7 Å². The second-order valence-corrected chi connectivity index (χ2v) is 6.94. The van der Waals surface area contributed by atoms with Crippen LogP contribution in [0.5, 0.6) is 0 Å². The zero-order valence-electron chi connectivity index (χ0n) is 13.3. The van der Waals surface area contributed by atoms with Crippen LogP contribution in [-0.4, -0.2) is 44.2 Å². The van der Waals surface area contributed by atoms with Crippen molar-refractivity contribution in [2.45, 2.75) is 26.7 Å². The molecule has 0 aromatic heterocycles. The summed E-state index contributed by atoms with van der Waals surface area (Å²) in [5, 5.41) is 0.802. The van der Waals surface area contributed by atoms with Crippen molar-refractivity contribution in [3.8, 4) is 0 Å². The summed E-state index contributed by atoms with van der Waals surface area (Å²) in [5.41, 5.74) is 7.53. The summed E-state index contributed by atoms with van der Waals surface area (Å²) in [4.78, 5) is 5.00. The quantitative estimate of drug-likeness (QED) is 0.875. The van der Waals surface area contributed by atoms with Gasteiger partial charge in [0.05, 0.1) is 0 Å². The molecule has 0 radical (unpaired) electrons. The molecule has 2 rings (SSSR count). The second kappa shape index (κ2) is 7.48. The number of hydrogen-bond donors (Lipinski definition) is 1. The van der Waals surface area contributed by atoms with Gasteiger partial charge < -0.3 is 10.6 Å². The van der Waals surface area contributed by atoms with Crippen LogP contribution in [0.4, 0.5) is 5.69 Å². The summed E-state index contributed by atoms with van der Waals surface area (Å²) >= 11 is 5.95. The number of anilines is 1. The number of nitrogens with zero attached hydrogens (tertiary/aromatic N) is 2. The van der Waals surface area contributed by atoms with Crippen molar-refractivity contribution in [2.24, 2.45) is 11.1 Å². The van der Waals surface area contributed by atoms with Crippen molar-refractivity contribution in [3.63, 3.8) is 0 Å². The summed E-state index contributed by atoms with van der Waals surface area (Å²) in [6, 6.07) is 8.16. The number of halogens is 1. The van der Waals surface area contributed by atoms with Crippen molar-refractivity contribution in [1.82, 2.24) is 4.90 Å². The molecule has 1 aliphatic rings. The van der Waals surface area contributed by atoms with Crippen molar-refractivity contribution in [3.05, 3.63) is 29.3 Å². The summed E-state index contributed by atoms with van der Waals surface area (Å²) in [7, 11) is 0. The molecule has 0 saturated carbocycles. The van der Waals surface area contributed by atoms with Crippen molar-refractivity contribution < 1.29 is 0 Å². The minimum Gasteiger partial charge on any atom is -0.369 e. The van der Waals surface area contributed by atoms with E-state index in [1.165, 1.54) is 18.5 Å². The normalized spacial score (nSPS) is 19.5. The molecule has 4 heteroatoms. The Morgan fingerprint density at radius 2 is 1.76 bits per heavy atom. The fraction of sp³-hybridized carbons (Fsp3) is 0.647. The van der Waals surface area contributed by atoms with Crippen LogP contribution in [0, 0.1) is 5.41 Å². The fourth-order valence-corrected chi connectivity index (χ4v) is 3.33. The van der Waals surface area contributed by atoms with E-state index in [0.29, 0.717) is 0 Å². The van der Waals surface area contributed by atoms with E-state index in [1.807, 2.05) is 12.1 Å². The van der Waals surface area contributed by atoms with E-state index in [0.717, 1.165) is 44.3 Å². The molecule has 1 aliphatic heterocycles. The van der Waals surface area contributed by atoms with Gasteiger partial charge in [-0.2, -0.15) is 0 Å². The Bertz CT molecular complexity index is 426. The monoisotopic (exact) mass is 309 g/mol. The molecule has 0 amide bonds. The van der Waals surface area contributed by atoms with E-state index in [2.05, 4.69) is 35.8 Å². The average Bonchev–Trinajstić information content (AvgIpc) is 2.49. The maximum atomic E-state index is 5.99. The van der Waals surface area contributed by atoms with Crippen LogP contribution in [0.2, 0.25) is 5.02 Å². The first-order chi connectivity index (χ1) is 10.1. The van der Waals surface area contributed by atoms with Crippen LogP contribution >= 0.6 is 11.6 Å². The Kier molecular flexibility index (Phi) is 5.91. The molecule has 1 aromatic carbocycles. The van der Waals surface area contributed by atoms with Gasteiger partial charge in [0, 0.05) is 43.4 Å². The summed E-state index contributed by atoms with van der Waals surface area (Å²) in [6.07, 6.45) is 2.42. The lowest BCUT2D eigenvalue weighted by Gasteiger charge is -2.40. The van der Waals surface area contributed by atoms with Gasteiger partial charge in [-0.25, -0.2) is 0 Å². The average molecular weight is 310 g/mol.